The van der Waals surface area contributed by atoms with Crippen molar-refractivity contribution < 1.29 is 0 Å². The first kappa shape index (κ1) is 12.7. The zero-order chi connectivity index (χ0) is 13.4. The maximum atomic E-state index is 3.40. The molecule has 0 bridgehead atoms. The van der Waals surface area contributed by atoms with E-state index in [1.54, 1.807) is 0 Å². The summed E-state index contributed by atoms with van der Waals surface area (Å²) in [6.45, 7) is 2.16. The second kappa shape index (κ2) is 5.00. The molecule has 0 amide bonds. The fourth-order valence-electron chi connectivity index (χ4n) is 2.80. The summed E-state index contributed by atoms with van der Waals surface area (Å²) in [7, 11) is 2.01. The molecule has 0 atom stereocenters. The van der Waals surface area contributed by atoms with Gasteiger partial charge in [-0.1, -0.05) is 70.6 Å². The van der Waals surface area contributed by atoms with Crippen molar-refractivity contribution >= 4 is 49.8 Å². The molecule has 3 aromatic rings. The van der Waals surface area contributed by atoms with Crippen LogP contribution in [0.5, 0.6) is 0 Å². The maximum Gasteiger partial charge on any atom is 0.0464 e. The molecule has 3 rings (SSSR count). The van der Waals surface area contributed by atoms with Crippen LogP contribution in [0.1, 0.15) is 11.1 Å². The molecule has 96 valence electrons. The van der Waals surface area contributed by atoms with Gasteiger partial charge >= 0.3 is 0 Å². The topological polar surface area (TPSA) is 12.0 Å². The van der Waals surface area contributed by atoms with Crippen LogP contribution in [0.4, 0.5) is 5.69 Å². The minimum Gasteiger partial charge on any atom is -0.387 e. The van der Waals surface area contributed by atoms with Crippen molar-refractivity contribution in [2.24, 2.45) is 0 Å². The molecule has 0 radical (unpaired) electrons. The van der Waals surface area contributed by atoms with E-state index in [1.807, 2.05) is 7.05 Å². The predicted molar refractivity (Wildman–Crippen MR) is 93.5 cm³/mol. The van der Waals surface area contributed by atoms with Gasteiger partial charge in [-0.25, -0.2) is 0 Å². The number of fused-ring (bicyclic) bond motifs is 3. The fourth-order valence-corrected chi connectivity index (χ4v) is 3.59. The highest BCUT2D eigenvalue weighted by molar-refractivity contribution is 14.1. The number of aryl methyl sites for hydroxylation is 1. The third-order valence-corrected chi connectivity index (χ3v) is 4.43. The van der Waals surface area contributed by atoms with Gasteiger partial charge < -0.3 is 5.32 Å². The molecule has 0 aliphatic carbocycles. The molecule has 0 aliphatic rings. The van der Waals surface area contributed by atoms with Crippen molar-refractivity contribution in [1.82, 2.24) is 0 Å². The Labute approximate surface area is 127 Å². The predicted octanol–water partition coefficient (Wildman–Crippen LogP) is 5.28. The van der Waals surface area contributed by atoms with Crippen molar-refractivity contribution in [3.05, 3.63) is 53.6 Å². The summed E-state index contributed by atoms with van der Waals surface area (Å²) in [6, 6.07) is 15.4. The van der Waals surface area contributed by atoms with Gasteiger partial charge in [0.1, 0.15) is 0 Å². The van der Waals surface area contributed by atoms with E-state index in [0.717, 1.165) is 4.43 Å². The highest BCUT2D eigenvalue weighted by Gasteiger charge is 2.12. The van der Waals surface area contributed by atoms with E-state index < -0.39 is 0 Å². The molecule has 1 nitrogen and oxygen atoms in total. The third kappa shape index (κ3) is 1.98. The lowest BCUT2D eigenvalue weighted by Gasteiger charge is -2.16. The summed E-state index contributed by atoms with van der Waals surface area (Å²) in [4.78, 5) is 0. The monoisotopic (exact) mass is 361 g/mol. The average molecular weight is 361 g/mol. The Morgan fingerprint density at radius 2 is 1.63 bits per heavy atom. The molecule has 0 heterocycles. The Balaban J connectivity index is 2.60. The van der Waals surface area contributed by atoms with Crippen molar-refractivity contribution in [3.8, 4) is 0 Å². The quantitative estimate of drug-likeness (QED) is 0.372. The lowest BCUT2D eigenvalue weighted by molar-refractivity contribution is 1.44. The molecule has 0 spiro atoms. The fraction of sp³-hybridized carbons (Fsp3) is 0.176. The van der Waals surface area contributed by atoms with Crippen LogP contribution in [0.15, 0.2) is 42.5 Å². The van der Waals surface area contributed by atoms with Crippen LogP contribution < -0.4 is 5.32 Å². The van der Waals surface area contributed by atoms with Crippen LogP contribution in [0.3, 0.4) is 0 Å². The number of hydrogen-bond acceptors (Lipinski definition) is 1. The highest BCUT2D eigenvalue weighted by atomic mass is 127. The minimum absolute atomic E-state index is 1.01. The van der Waals surface area contributed by atoms with Crippen LogP contribution in [0.2, 0.25) is 0 Å². The first-order valence-corrected chi connectivity index (χ1v) is 7.96. The molecule has 0 unspecified atom stereocenters. The maximum absolute atomic E-state index is 3.40. The van der Waals surface area contributed by atoms with E-state index in [2.05, 4.69) is 77.3 Å². The summed E-state index contributed by atoms with van der Waals surface area (Å²) < 4.78 is 1.01. The van der Waals surface area contributed by atoms with E-state index in [9.17, 15) is 0 Å². The molecular formula is C17H16IN. The first-order chi connectivity index (χ1) is 9.26. The van der Waals surface area contributed by atoms with Gasteiger partial charge in [-0.15, -0.1) is 0 Å². The Kier molecular flexibility index (Phi) is 3.35. The van der Waals surface area contributed by atoms with E-state index in [-0.39, 0.29) is 0 Å². The second-order valence-corrected chi connectivity index (χ2v) is 5.59. The molecule has 0 fully saturated rings. The number of halogens is 1. The van der Waals surface area contributed by atoms with Crippen molar-refractivity contribution in [2.75, 3.05) is 12.4 Å². The Hall–Kier alpha value is -1.29. The second-order valence-electron chi connectivity index (χ2n) is 4.83. The number of hydrogen-bond donors (Lipinski definition) is 1. The normalized spacial score (nSPS) is 11.1. The minimum atomic E-state index is 1.01. The number of benzene rings is 3. The number of anilines is 1. The zero-order valence-corrected chi connectivity index (χ0v) is 13.3. The molecular weight excluding hydrogens is 345 g/mol. The molecule has 3 aromatic carbocycles. The third-order valence-electron chi connectivity index (χ3n) is 3.67. The molecule has 2 heteroatoms. The SMILES string of the molecule is CNc1c(CI)c2cc(C)ccc2c2ccccc12. The van der Waals surface area contributed by atoms with Crippen LogP contribution in [-0.4, -0.2) is 7.05 Å². The summed E-state index contributed by atoms with van der Waals surface area (Å²) >= 11 is 2.45. The largest absolute Gasteiger partial charge is 0.387 e. The van der Waals surface area contributed by atoms with E-state index in [1.165, 1.54) is 38.4 Å². The Bertz CT molecular complexity index is 762. The van der Waals surface area contributed by atoms with Crippen LogP contribution >= 0.6 is 22.6 Å². The lowest BCUT2D eigenvalue weighted by atomic mass is 9.94. The van der Waals surface area contributed by atoms with Gasteiger partial charge in [-0.05, 0) is 28.6 Å². The summed E-state index contributed by atoms with van der Waals surface area (Å²) in [5.74, 6) is 0. The van der Waals surface area contributed by atoms with Crippen LogP contribution in [0.25, 0.3) is 21.5 Å². The summed E-state index contributed by atoms with van der Waals surface area (Å²) in [5, 5.41) is 8.76. The summed E-state index contributed by atoms with van der Waals surface area (Å²) in [6.07, 6.45) is 0. The number of alkyl halides is 1. The smallest absolute Gasteiger partial charge is 0.0464 e. The van der Waals surface area contributed by atoms with Crippen LogP contribution in [0, 0.1) is 6.92 Å². The highest BCUT2D eigenvalue weighted by Crippen LogP contribution is 2.37. The van der Waals surface area contributed by atoms with Gasteiger partial charge in [0, 0.05) is 22.5 Å². The van der Waals surface area contributed by atoms with Gasteiger partial charge in [-0.2, -0.15) is 0 Å². The van der Waals surface area contributed by atoms with E-state index in [0.29, 0.717) is 0 Å². The van der Waals surface area contributed by atoms with Crippen molar-refractivity contribution in [2.45, 2.75) is 11.4 Å². The standard InChI is InChI=1S/C17H16IN/c1-11-7-8-13-12-5-3-4-6-14(12)17(19-2)16(10-18)15(13)9-11/h3-9,19H,10H2,1-2H3. The molecule has 0 aromatic heterocycles. The van der Waals surface area contributed by atoms with E-state index in [4.69, 9.17) is 0 Å². The molecule has 0 saturated heterocycles. The van der Waals surface area contributed by atoms with Gasteiger partial charge in [-0.3, -0.25) is 0 Å². The van der Waals surface area contributed by atoms with Crippen LogP contribution in [-0.2, 0) is 4.43 Å². The van der Waals surface area contributed by atoms with Gasteiger partial charge in [0.15, 0.2) is 0 Å². The molecule has 19 heavy (non-hydrogen) atoms. The van der Waals surface area contributed by atoms with Gasteiger partial charge in [0.05, 0.1) is 0 Å². The molecule has 0 saturated carbocycles. The number of nitrogens with one attached hydrogen (secondary N) is 1. The lowest BCUT2D eigenvalue weighted by Crippen LogP contribution is -1.97. The van der Waals surface area contributed by atoms with Gasteiger partial charge in [0.2, 0.25) is 0 Å². The van der Waals surface area contributed by atoms with E-state index >= 15 is 0 Å². The number of rotatable bonds is 2. The molecule has 0 aliphatic heterocycles. The Morgan fingerprint density at radius 1 is 0.947 bits per heavy atom. The first-order valence-electron chi connectivity index (χ1n) is 6.44. The molecule has 1 N–H and O–H groups in total. The van der Waals surface area contributed by atoms with Crippen molar-refractivity contribution in [1.29, 1.82) is 0 Å². The summed E-state index contributed by atoms with van der Waals surface area (Å²) in [5.41, 5.74) is 3.99. The zero-order valence-electron chi connectivity index (χ0n) is 11.1. The average Bonchev–Trinajstić information content (AvgIpc) is 2.45. The van der Waals surface area contributed by atoms with Gasteiger partial charge in [0.25, 0.3) is 0 Å². The Morgan fingerprint density at radius 3 is 2.32 bits per heavy atom. The van der Waals surface area contributed by atoms with Crippen molar-refractivity contribution in [3.63, 3.8) is 0 Å².